The average Bonchev–Trinajstić information content (AvgIpc) is 2.47. The first kappa shape index (κ1) is 14.1. The molecule has 3 heteroatoms. The van der Waals surface area contributed by atoms with Crippen LogP contribution in [0.5, 0.6) is 0 Å². The molecular formula is C18H23N3. The number of hydrogen-bond acceptors (Lipinski definition) is 3. The number of aromatic nitrogens is 1. The van der Waals surface area contributed by atoms with Gasteiger partial charge in [-0.3, -0.25) is 4.98 Å². The summed E-state index contributed by atoms with van der Waals surface area (Å²) in [4.78, 5) is 7.06. The van der Waals surface area contributed by atoms with Crippen molar-refractivity contribution in [2.24, 2.45) is 5.73 Å². The van der Waals surface area contributed by atoms with Crippen molar-refractivity contribution < 1.29 is 0 Å². The number of aryl methyl sites for hydroxylation is 2. The van der Waals surface area contributed by atoms with Crippen molar-refractivity contribution >= 4 is 5.69 Å². The predicted molar refractivity (Wildman–Crippen MR) is 87.4 cm³/mol. The number of fused-ring (bicyclic) bond motifs is 1. The molecule has 21 heavy (non-hydrogen) atoms. The Kier molecular flexibility index (Phi) is 3.93. The molecule has 1 aliphatic heterocycles. The summed E-state index contributed by atoms with van der Waals surface area (Å²) in [7, 11) is 0. The van der Waals surface area contributed by atoms with E-state index in [1.54, 1.807) is 0 Å². The first-order chi connectivity index (χ1) is 10.1. The minimum atomic E-state index is 0.101. The quantitative estimate of drug-likeness (QED) is 0.938. The minimum Gasteiger partial charge on any atom is -0.365 e. The van der Waals surface area contributed by atoms with Crippen LogP contribution in [0.1, 0.15) is 41.9 Å². The van der Waals surface area contributed by atoms with Gasteiger partial charge in [-0.15, -0.1) is 0 Å². The summed E-state index contributed by atoms with van der Waals surface area (Å²) in [5.74, 6) is 0. The molecule has 0 saturated carbocycles. The van der Waals surface area contributed by atoms with E-state index in [-0.39, 0.29) is 6.04 Å². The van der Waals surface area contributed by atoms with Gasteiger partial charge in [0, 0.05) is 24.0 Å². The number of nitrogens with zero attached hydrogens (tertiary/aromatic N) is 2. The molecule has 0 fully saturated rings. The van der Waals surface area contributed by atoms with Crippen LogP contribution in [0.2, 0.25) is 0 Å². The van der Waals surface area contributed by atoms with Gasteiger partial charge in [0.05, 0.1) is 12.2 Å². The molecule has 0 saturated heterocycles. The third-order valence-electron chi connectivity index (χ3n) is 4.14. The molecule has 1 unspecified atom stereocenters. The molecule has 0 spiro atoms. The second-order valence-corrected chi connectivity index (χ2v) is 5.97. The molecule has 2 heterocycles. The van der Waals surface area contributed by atoms with Crippen molar-refractivity contribution in [3.63, 3.8) is 0 Å². The van der Waals surface area contributed by atoms with Crippen molar-refractivity contribution in [2.75, 3.05) is 11.4 Å². The Balaban J connectivity index is 1.86. The fourth-order valence-corrected chi connectivity index (χ4v) is 3.03. The Morgan fingerprint density at radius 1 is 1.29 bits per heavy atom. The van der Waals surface area contributed by atoms with Gasteiger partial charge in [0.15, 0.2) is 0 Å². The van der Waals surface area contributed by atoms with Crippen LogP contribution in [0.15, 0.2) is 36.4 Å². The molecule has 1 aliphatic rings. The third-order valence-corrected chi connectivity index (χ3v) is 4.14. The molecule has 3 nitrogen and oxygen atoms in total. The Labute approximate surface area is 126 Å². The van der Waals surface area contributed by atoms with E-state index < -0.39 is 0 Å². The average molecular weight is 281 g/mol. The van der Waals surface area contributed by atoms with Gasteiger partial charge < -0.3 is 10.6 Å². The van der Waals surface area contributed by atoms with E-state index in [4.69, 9.17) is 5.73 Å². The van der Waals surface area contributed by atoms with Crippen LogP contribution in [0.25, 0.3) is 0 Å². The Hall–Kier alpha value is -1.87. The molecule has 0 amide bonds. The number of rotatable bonds is 3. The van der Waals surface area contributed by atoms with E-state index in [1.165, 1.54) is 23.2 Å². The predicted octanol–water partition coefficient (Wildman–Crippen LogP) is 3.36. The molecule has 0 aliphatic carbocycles. The van der Waals surface area contributed by atoms with E-state index in [9.17, 15) is 0 Å². The van der Waals surface area contributed by atoms with Crippen LogP contribution in [-0.2, 0) is 13.0 Å². The number of hydrogen-bond donors (Lipinski definition) is 1. The molecule has 2 aromatic rings. The van der Waals surface area contributed by atoms with E-state index in [0.29, 0.717) is 0 Å². The van der Waals surface area contributed by atoms with Crippen LogP contribution < -0.4 is 10.6 Å². The lowest BCUT2D eigenvalue weighted by Gasteiger charge is -2.31. The maximum atomic E-state index is 6.00. The lowest BCUT2D eigenvalue weighted by molar-refractivity contribution is 0.680. The molecule has 1 aromatic carbocycles. The van der Waals surface area contributed by atoms with E-state index in [2.05, 4.69) is 40.2 Å². The van der Waals surface area contributed by atoms with Gasteiger partial charge in [0.25, 0.3) is 0 Å². The Morgan fingerprint density at radius 3 is 2.90 bits per heavy atom. The van der Waals surface area contributed by atoms with Gasteiger partial charge in [-0.1, -0.05) is 18.2 Å². The maximum Gasteiger partial charge on any atom is 0.0602 e. The largest absolute Gasteiger partial charge is 0.365 e. The van der Waals surface area contributed by atoms with E-state index >= 15 is 0 Å². The van der Waals surface area contributed by atoms with Crippen LogP contribution in [-0.4, -0.2) is 11.5 Å². The second kappa shape index (κ2) is 5.86. The summed E-state index contributed by atoms with van der Waals surface area (Å²) in [6.07, 6.45) is 2.34. The lowest BCUT2D eigenvalue weighted by Crippen LogP contribution is -2.29. The number of nitrogens with two attached hydrogens (primary N) is 1. The van der Waals surface area contributed by atoms with Crippen LogP contribution in [0, 0.1) is 6.92 Å². The van der Waals surface area contributed by atoms with Gasteiger partial charge in [-0.2, -0.15) is 0 Å². The molecule has 0 bridgehead atoms. The highest BCUT2D eigenvalue weighted by atomic mass is 15.1. The Bertz CT molecular complexity index is 634. The maximum absolute atomic E-state index is 6.00. The van der Waals surface area contributed by atoms with Crippen molar-refractivity contribution in [3.05, 3.63) is 58.9 Å². The number of pyridine rings is 1. The van der Waals surface area contributed by atoms with E-state index in [1.807, 2.05) is 19.9 Å². The summed E-state index contributed by atoms with van der Waals surface area (Å²) < 4.78 is 0. The minimum absolute atomic E-state index is 0.101. The van der Waals surface area contributed by atoms with Gasteiger partial charge in [-0.05, 0) is 56.0 Å². The summed E-state index contributed by atoms with van der Waals surface area (Å²) in [5.41, 5.74) is 12.2. The van der Waals surface area contributed by atoms with Crippen molar-refractivity contribution in [1.29, 1.82) is 0 Å². The first-order valence-electron chi connectivity index (χ1n) is 7.69. The van der Waals surface area contributed by atoms with Gasteiger partial charge in [0.2, 0.25) is 0 Å². The Morgan fingerprint density at radius 2 is 2.14 bits per heavy atom. The standard InChI is InChI=1S/C18H23N3/c1-13-5-3-7-17(20-13)12-21-10-4-6-16-11-15(14(2)19)8-9-18(16)21/h3,5,7-9,11,14H,4,6,10,12,19H2,1-2H3. The second-order valence-electron chi connectivity index (χ2n) is 5.97. The number of anilines is 1. The first-order valence-corrected chi connectivity index (χ1v) is 7.69. The highest BCUT2D eigenvalue weighted by Gasteiger charge is 2.18. The highest BCUT2D eigenvalue weighted by Crippen LogP contribution is 2.30. The molecule has 0 radical (unpaired) electrons. The summed E-state index contributed by atoms with van der Waals surface area (Å²) in [6, 6.07) is 13.0. The monoisotopic (exact) mass is 281 g/mol. The molecule has 1 aromatic heterocycles. The van der Waals surface area contributed by atoms with Crippen molar-refractivity contribution in [1.82, 2.24) is 4.98 Å². The SMILES string of the molecule is Cc1cccc(CN2CCCc3cc(C(C)N)ccc32)n1. The normalized spacial score (nSPS) is 15.7. The fraction of sp³-hybridized carbons (Fsp3) is 0.389. The van der Waals surface area contributed by atoms with E-state index in [0.717, 1.165) is 30.9 Å². The van der Waals surface area contributed by atoms with Gasteiger partial charge in [-0.25, -0.2) is 0 Å². The lowest BCUT2D eigenvalue weighted by atomic mass is 9.97. The van der Waals surface area contributed by atoms with Crippen LogP contribution in [0.4, 0.5) is 5.69 Å². The molecule has 110 valence electrons. The zero-order chi connectivity index (χ0) is 14.8. The third kappa shape index (κ3) is 3.08. The smallest absolute Gasteiger partial charge is 0.0602 e. The molecule has 2 N–H and O–H groups in total. The van der Waals surface area contributed by atoms with Gasteiger partial charge >= 0.3 is 0 Å². The fourth-order valence-electron chi connectivity index (χ4n) is 3.03. The summed E-state index contributed by atoms with van der Waals surface area (Å²) >= 11 is 0. The highest BCUT2D eigenvalue weighted by molar-refractivity contribution is 5.57. The summed E-state index contributed by atoms with van der Waals surface area (Å²) in [5, 5.41) is 0. The molecule has 3 rings (SSSR count). The van der Waals surface area contributed by atoms with Crippen molar-refractivity contribution in [2.45, 2.75) is 39.3 Å². The van der Waals surface area contributed by atoms with Gasteiger partial charge in [0.1, 0.15) is 0 Å². The number of benzene rings is 1. The zero-order valence-electron chi connectivity index (χ0n) is 12.8. The molecule has 1 atom stereocenters. The topological polar surface area (TPSA) is 42.1 Å². The van der Waals surface area contributed by atoms with Crippen LogP contribution >= 0.6 is 0 Å². The van der Waals surface area contributed by atoms with Crippen molar-refractivity contribution in [3.8, 4) is 0 Å². The molecular weight excluding hydrogens is 258 g/mol. The van der Waals surface area contributed by atoms with Crippen LogP contribution in [0.3, 0.4) is 0 Å². The summed E-state index contributed by atoms with van der Waals surface area (Å²) in [6.45, 7) is 6.06. The zero-order valence-corrected chi connectivity index (χ0v) is 12.8.